The van der Waals surface area contributed by atoms with E-state index < -0.39 is 11.9 Å². The predicted octanol–water partition coefficient (Wildman–Crippen LogP) is 2.70. The molecule has 0 amide bonds. The van der Waals surface area contributed by atoms with Gasteiger partial charge in [0.15, 0.2) is 0 Å². The van der Waals surface area contributed by atoms with Crippen molar-refractivity contribution in [2.75, 3.05) is 39.8 Å². The summed E-state index contributed by atoms with van der Waals surface area (Å²) in [5.74, 6) is -0.670. The van der Waals surface area contributed by atoms with Crippen LogP contribution in [0, 0.1) is 25.2 Å². The fourth-order valence-corrected chi connectivity index (χ4v) is 4.34. The maximum Gasteiger partial charge on any atom is 0.338 e. The van der Waals surface area contributed by atoms with Crippen LogP contribution in [-0.4, -0.2) is 55.6 Å². The molecular formula is C24H32N4O3. The zero-order valence-electron chi connectivity index (χ0n) is 19.1. The number of rotatable bonds is 5. The van der Waals surface area contributed by atoms with E-state index in [2.05, 4.69) is 35.9 Å². The lowest BCUT2D eigenvalue weighted by molar-refractivity contribution is -0.139. The number of esters is 1. The number of piperazine rings is 1. The second-order valence-corrected chi connectivity index (χ2v) is 8.33. The van der Waals surface area contributed by atoms with Gasteiger partial charge in [-0.25, -0.2) is 4.79 Å². The highest BCUT2D eigenvalue weighted by Crippen LogP contribution is 2.41. The van der Waals surface area contributed by atoms with Crippen LogP contribution in [0.25, 0.3) is 0 Å². The quantitative estimate of drug-likeness (QED) is 0.727. The lowest BCUT2D eigenvalue weighted by atomic mass is 9.79. The summed E-state index contributed by atoms with van der Waals surface area (Å²) < 4.78 is 10.9. The minimum atomic E-state index is -0.607. The predicted molar refractivity (Wildman–Crippen MR) is 119 cm³/mol. The maximum absolute atomic E-state index is 12.8. The van der Waals surface area contributed by atoms with E-state index in [-0.39, 0.29) is 18.1 Å². The van der Waals surface area contributed by atoms with Crippen LogP contribution in [0.4, 0.5) is 0 Å². The highest BCUT2D eigenvalue weighted by Gasteiger charge is 2.37. The highest BCUT2D eigenvalue weighted by molar-refractivity contribution is 5.92. The number of hydrogen-bond donors (Lipinski definition) is 1. The molecule has 1 aromatic carbocycles. The number of hydrogen-bond acceptors (Lipinski definition) is 7. The number of carbonyl (C=O) groups is 1. The second-order valence-electron chi connectivity index (χ2n) is 8.33. The van der Waals surface area contributed by atoms with Crippen LogP contribution in [0.15, 0.2) is 34.9 Å². The fourth-order valence-electron chi connectivity index (χ4n) is 4.34. The Kier molecular flexibility index (Phi) is 7.04. The molecule has 7 heteroatoms. The third kappa shape index (κ3) is 4.76. The van der Waals surface area contributed by atoms with Gasteiger partial charge < -0.3 is 20.1 Å². The molecule has 3 rings (SSSR count). The first-order valence-electron chi connectivity index (χ1n) is 10.7. The van der Waals surface area contributed by atoms with Gasteiger partial charge in [0.25, 0.3) is 0 Å². The zero-order valence-corrected chi connectivity index (χ0v) is 19.1. The van der Waals surface area contributed by atoms with Crippen LogP contribution in [0.1, 0.15) is 42.0 Å². The van der Waals surface area contributed by atoms with Crippen molar-refractivity contribution in [1.82, 2.24) is 9.80 Å². The smallest absolute Gasteiger partial charge is 0.338 e. The van der Waals surface area contributed by atoms with E-state index in [0.29, 0.717) is 11.3 Å². The summed E-state index contributed by atoms with van der Waals surface area (Å²) in [5, 5.41) is 9.87. The number of carbonyl (C=O) groups excluding carboxylic acids is 1. The molecule has 0 aromatic heterocycles. The summed E-state index contributed by atoms with van der Waals surface area (Å²) in [6, 6.07) is 6.40. The lowest BCUT2D eigenvalue weighted by Crippen LogP contribution is -2.44. The van der Waals surface area contributed by atoms with Crippen molar-refractivity contribution in [2.45, 2.75) is 40.2 Å². The largest absolute Gasteiger partial charge is 0.463 e. The topological polar surface area (TPSA) is 91.8 Å². The van der Waals surface area contributed by atoms with Gasteiger partial charge in [0.05, 0.1) is 18.1 Å². The number of aryl methyl sites for hydroxylation is 1. The molecule has 1 aromatic rings. The normalized spacial score (nSPS) is 20.5. The first kappa shape index (κ1) is 22.9. The van der Waals surface area contributed by atoms with Gasteiger partial charge in [0.1, 0.15) is 17.4 Å². The molecule has 166 valence electrons. The number of ether oxygens (including phenoxy) is 2. The molecule has 1 saturated heterocycles. The van der Waals surface area contributed by atoms with E-state index in [9.17, 15) is 10.1 Å². The van der Waals surface area contributed by atoms with Crippen molar-refractivity contribution in [3.8, 4) is 6.07 Å². The molecule has 2 heterocycles. The molecule has 2 aliphatic heterocycles. The first-order valence-corrected chi connectivity index (χ1v) is 10.7. The average Bonchev–Trinajstić information content (AvgIpc) is 2.71. The summed E-state index contributed by atoms with van der Waals surface area (Å²) in [4.78, 5) is 17.6. The van der Waals surface area contributed by atoms with Crippen molar-refractivity contribution < 1.29 is 14.3 Å². The number of nitriles is 1. The van der Waals surface area contributed by atoms with Gasteiger partial charge in [-0.3, -0.25) is 4.90 Å². The Hall–Kier alpha value is -2.82. The van der Waals surface area contributed by atoms with Crippen LogP contribution in [0.2, 0.25) is 0 Å². The van der Waals surface area contributed by atoms with Crippen molar-refractivity contribution in [1.29, 1.82) is 5.26 Å². The Morgan fingerprint density at radius 1 is 1.26 bits per heavy atom. The van der Waals surface area contributed by atoms with Crippen LogP contribution >= 0.6 is 0 Å². The number of nitrogens with two attached hydrogens (primary N) is 1. The van der Waals surface area contributed by atoms with Crippen LogP contribution in [0.3, 0.4) is 0 Å². The number of benzene rings is 1. The van der Waals surface area contributed by atoms with Crippen LogP contribution in [0.5, 0.6) is 0 Å². The van der Waals surface area contributed by atoms with Gasteiger partial charge in [-0.1, -0.05) is 17.7 Å². The Morgan fingerprint density at radius 2 is 1.94 bits per heavy atom. The monoisotopic (exact) mass is 424 g/mol. The van der Waals surface area contributed by atoms with Crippen LogP contribution in [-0.2, 0) is 20.8 Å². The number of nitrogens with zero attached hydrogens (tertiary/aromatic N) is 3. The van der Waals surface area contributed by atoms with Gasteiger partial charge >= 0.3 is 5.97 Å². The Bertz CT molecular complexity index is 966. The van der Waals surface area contributed by atoms with Gasteiger partial charge in [-0.15, -0.1) is 0 Å². The average molecular weight is 425 g/mol. The van der Waals surface area contributed by atoms with Crippen molar-refractivity contribution in [2.24, 2.45) is 5.73 Å². The number of allylic oxidation sites excluding steroid dienone is 2. The Labute approximate surface area is 184 Å². The SMILES string of the molecule is CCOC(=O)C1=C(C)OC(N)=C(C#N)C1c1cc(C)cc(CN2CCN(C)CC2)c1C. The molecular weight excluding hydrogens is 392 g/mol. The van der Waals surface area contributed by atoms with E-state index in [1.54, 1.807) is 13.8 Å². The molecule has 7 nitrogen and oxygen atoms in total. The molecule has 0 saturated carbocycles. The summed E-state index contributed by atoms with van der Waals surface area (Å²) in [6.45, 7) is 12.7. The van der Waals surface area contributed by atoms with E-state index in [1.807, 2.05) is 13.0 Å². The molecule has 0 radical (unpaired) electrons. The summed E-state index contributed by atoms with van der Waals surface area (Å²) in [6.07, 6.45) is 0. The molecule has 2 aliphatic rings. The maximum atomic E-state index is 12.8. The Balaban J connectivity index is 2.07. The third-order valence-corrected chi connectivity index (χ3v) is 6.10. The molecule has 0 aliphatic carbocycles. The molecule has 0 bridgehead atoms. The van der Waals surface area contributed by atoms with Crippen LogP contribution < -0.4 is 5.73 Å². The summed E-state index contributed by atoms with van der Waals surface area (Å²) in [5.41, 5.74) is 10.9. The minimum Gasteiger partial charge on any atom is -0.463 e. The van der Waals surface area contributed by atoms with E-state index in [0.717, 1.165) is 49.4 Å². The number of likely N-dealkylation sites (N-methyl/N-ethyl adjacent to an activating group) is 1. The molecule has 0 spiro atoms. The van der Waals surface area contributed by atoms with Gasteiger partial charge in [-0.2, -0.15) is 5.26 Å². The van der Waals surface area contributed by atoms with Crippen molar-refractivity contribution >= 4 is 5.97 Å². The van der Waals surface area contributed by atoms with E-state index >= 15 is 0 Å². The molecule has 1 fully saturated rings. The third-order valence-electron chi connectivity index (χ3n) is 6.10. The standard InChI is InChI=1S/C24H32N4O3/c1-6-30-24(29)21-17(4)31-23(26)20(13-25)22(21)19-12-15(2)11-18(16(19)3)14-28-9-7-27(5)8-10-28/h11-12,22H,6-10,14,26H2,1-5H3. The van der Waals surface area contributed by atoms with E-state index in [1.165, 1.54) is 5.56 Å². The minimum absolute atomic E-state index is 0.0413. The summed E-state index contributed by atoms with van der Waals surface area (Å²) in [7, 11) is 2.14. The van der Waals surface area contributed by atoms with Gasteiger partial charge in [0, 0.05) is 32.7 Å². The van der Waals surface area contributed by atoms with Crippen molar-refractivity contribution in [3.05, 3.63) is 57.2 Å². The summed E-state index contributed by atoms with van der Waals surface area (Å²) >= 11 is 0. The van der Waals surface area contributed by atoms with Crippen molar-refractivity contribution in [3.63, 3.8) is 0 Å². The van der Waals surface area contributed by atoms with Gasteiger partial charge in [-0.05, 0) is 51.4 Å². The highest BCUT2D eigenvalue weighted by atomic mass is 16.5. The van der Waals surface area contributed by atoms with E-state index in [4.69, 9.17) is 15.2 Å². The molecule has 2 N–H and O–H groups in total. The first-order chi connectivity index (χ1) is 14.8. The lowest BCUT2D eigenvalue weighted by Gasteiger charge is -2.33. The molecule has 31 heavy (non-hydrogen) atoms. The molecule has 1 unspecified atom stereocenters. The second kappa shape index (κ2) is 9.54. The zero-order chi connectivity index (χ0) is 22.7. The Morgan fingerprint density at radius 3 is 2.55 bits per heavy atom. The van der Waals surface area contributed by atoms with Gasteiger partial charge in [0.2, 0.25) is 5.88 Å². The molecule has 1 atom stereocenters. The fraction of sp³-hybridized carbons (Fsp3) is 0.500.